The molecular formula is C11H16N2O6. The van der Waals surface area contributed by atoms with E-state index in [1.54, 1.807) is 0 Å². The van der Waals surface area contributed by atoms with Crippen LogP contribution in [0.15, 0.2) is 21.9 Å². The van der Waals surface area contributed by atoms with Crippen molar-refractivity contribution in [1.29, 1.82) is 0 Å². The van der Waals surface area contributed by atoms with Crippen LogP contribution < -0.4 is 11.2 Å². The lowest BCUT2D eigenvalue weighted by Gasteiger charge is -2.28. The summed E-state index contributed by atoms with van der Waals surface area (Å²) < 4.78 is 13.4. The number of ether oxygens (including phenoxy) is 1. The van der Waals surface area contributed by atoms with E-state index in [4.69, 9.17) is 6.11 Å². The number of aliphatic hydroxyl groups is 3. The fourth-order valence-corrected chi connectivity index (χ4v) is 2.15. The topological polar surface area (TPSA) is 125 Å². The first kappa shape index (κ1) is 12.5. The van der Waals surface area contributed by atoms with Crippen LogP contribution in [0.3, 0.4) is 0 Å². The number of rotatable bonds is 3. The van der Waals surface area contributed by atoms with Crippen LogP contribution in [0.1, 0.15) is 20.9 Å². The fourth-order valence-electron chi connectivity index (χ4n) is 2.15. The van der Waals surface area contributed by atoms with Crippen molar-refractivity contribution >= 4 is 0 Å². The van der Waals surface area contributed by atoms with E-state index in [0.29, 0.717) is 0 Å². The van der Waals surface area contributed by atoms with Gasteiger partial charge in [0.05, 0.1) is 6.61 Å². The van der Waals surface area contributed by atoms with Crippen molar-refractivity contribution in [3.8, 4) is 0 Å². The van der Waals surface area contributed by atoms with Crippen LogP contribution in [0.5, 0.6) is 0 Å². The molecule has 0 aliphatic carbocycles. The van der Waals surface area contributed by atoms with Crippen LogP contribution in [0.4, 0.5) is 0 Å². The Morgan fingerprint density at radius 3 is 2.95 bits per heavy atom. The number of nitrogens with one attached hydrogen (secondary N) is 1. The zero-order valence-electron chi connectivity index (χ0n) is 11.0. The van der Waals surface area contributed by atoms with Crippen LogP contribution in [-0.4, -0.2) is 49.3 Å². The first-order valence-electron chi connectivity index (χ1n) is 6.42. The van der Waals surface area contributed by atoms with E-state index >= 15 is 0 Å². The van der Waals surface area contributed by atoms with E-state index < -0.39 is 41.9 Å². The fraction of sp³-hybridized carbons (Fsp3) is 0.636. The molecule has 2 heterocycles. The van der Waals surface area contributed by atoms with E-state index in [2.05, 4.69) is 0 Å². The maximum absolute atomic E-state index is 11.7. The van der Waals surface area contributed by atoms with Crippen LogP contribution in [-0.2, 0) is 4.74 Å². The van der Waals surface area contributed by atoms with Gasteiger partial charge in [0.25, 0.3) is 5.56 Å². The molecule has 1 saturated heterocycles. The van der Waals surface area contributed by atoms with Gasteiger partial charge in [0, 0.05) is 13.6 Å². The molecule has 8 nitrogen and oxygen atoms in total. The second-order valence-electron chi connectivity index (χ2n) is 4.40. The van der Waals surface area contributed by atoms with E-state index in [1.807, 2.05) is 4.98 Å². The molecule has 0 saturated carbocycles. The van der Waals surface area contributed by atoms with Gasteiger partial charge in [0.15, 0.2) is 6.23 Å². The number of aromatic nitrogens is 2. The average molecular weight is 273 g/mol. The molecule has 2 rings (SSSR count). The Morgan fingerprint density at radius 1 is 1.63 bits per heavy atom. The average Bonchev–Trinajstić information content (AvgIpc) is 2.63. The van der Waals surface area contributed by atoms with E-state index in [0.717, 1.165) is 16.8 Å². The maximum Gasteiger partial charge on any atom is 0.330 e. The number of nitrogens with zero attached hydrogens (tertiary/aromatic N) is 1. The predicted molar refractivity (Wildman–Crippen MR) is 63.6 cm³/mol. The largest absolute Gasteiger partial charge is 0.394 e. The number of hydrogen-bond acceptors (Lipinski definition) is 6. The zero-order chi connectivity index (χ0) is 14.9. The van der Waals surface area contributed by atoms with Crippen LogP contribution >= 0.6 is 0 Å². The molecule has 1 aliphatic heterocycles. The minimum Gasteiger partial charge on any atom is -0.394 e. The number of H-pyrrole nitrogens is 1. The molecule has 8 heteroatoms. The molecule has 0 spiro atoms. The molecule has 1 aromatic heterocycles. The molecular weight excluding hydrogens is 256 g/mol. The lowest BCUT2D eigenvalue weighted by Crippen LogP contribution is -2.49. The number of aliphatic hydroxyl groups excluding tert-OH is 2. The quantitative estimate of drug-likeness (QED) is 0.501. The molecule has 0 bridgehead atoms. The van der Waals surface area contributed by atoms with Gasteiger partial charge in [-0.3, -0.25) is 14.3 Å². The first-order chi connectivity index (χ1) is 9.43. The van der Waals surface area contributed by atoms with Crippen LogP contribution in [0.25, 0.3) is 0 Å². The second kappa shape index (κ2) is 4.89. The summed E-state index contributed by atoms with van der Waals surface area (Å²) in [6.45, 7) is -0.747. The Bertz CT molecular complexity index is 587. The van der Waals surface area contributed by atoms with Gasteiger partial charge in [-0.15, -0.1) is 0 Å². The summed E-state index contributed by atoms with van der Waals surface area (Å²) in [7, 11) is 0. The highest BCUT2D eigenvalue weighted by Crippen LogP contribution is 2.38. The van der Waals surface area contributed by atoms with Crippen LogP contribution in [0.2, 0.25) is 0 Å². The van der Waals surface area contributed by atoms with Crippen molar-refractivity contribution in [3.05, 3.63) is 33.1 Å². The second-order valence-corrected chi connectivity index (χ2v) is 4.40. The molecule has 4 atom stereocenters. The maximum atomic E-state index is 11.7. The molecule has 106 valence electrons. The van der Waals surface area contributed by atoms with Crippen LogP contribution in [0, 0.1) is 0 Å². The lowest BCUT2D eigenvalue weighted by molar-refractivity contribution is -0.0945. The summed E-state index contributed by atoms with van der Waals surface area (Å²) in [5.74, 6) is 0. The summed E-state index contributed by atoms with van der Waals surface area (Å²) in [4.78, 5) is 24.7. The highest BCUT2D eigenvalue weighted by Gasteiger charge is 2.54. The molecule has 19 heavy (non-hydrogen) atoms. The van der Waals surface area contributed by atoms with Gasteiger partial charge >= 0.3 is 5.69 Å². The van der Waals surface area contributed by atoms with Gasteiger partial charge in [-0.1, -0.05) is 6.90 Å². The monoisotopic (exact) mass is 273 g/mol. The van der Waals surface area contributed by atoms with Crippen molar-refractivity contribution in [2.45, 2.75) is 37.4 Å². The Kier molecular flexibility index (Phi) is 3.23. The van der Waals surface area contributed by atoms with Crippen molar-refractivity contribution in [2.24, 2.45) is 0 Å². The van der Waals surface area contributed by atoms with Crippen molar-refractivity contribution in [2.75, 3.05) is 6.61 Å². The predicted octanol–water partition coefficient (Wildman–Crippen LogP) is -2.07. The lowest BCUT2D eigenvalue weighted by atomic mass is 9.89. The van der Waals surface area contributed by atoms with Gasteiger partial charge in [-0.05, 0) is 6.42 Å². The third-order valence-corrected chi connectivity index (χ3v) is 3.34. The Hall–Kier alpha value is -1.48. The van der Waals surface area contributed by atoms with Gasteiger partial charge in [0.1, 0.15) is 17.8 Å². The number of aromatic amines is 1. The molecule has 0 aromatic carbocycles. The highest BCUT2D eigenvalue weighted by molar-refractivity contribution is 5.02. The Labute approximate surface area is 109 Å². The van der Waals surface area contributed by atoms with Gasteiger partial charge in [0.2, 0.25) is 0 Å². The summed E-state index contributed by atoms with van der Waals surface area (Å²) in [5, 5.41) is 29.7. The summed E-state index contributed by atoms with van der Waals surface area (Å²) in [6.07, 6.45) is -2.85. The SMILES string of the molecule is [2H]CC[C@@]1(O)[C@@H](CO)OC(n2ccc(=O)[nH]c2=O)[C@@H]1O. The first-order valence-corrected chi connectivity index (χ1v) is 5.71. The molecule has 0 amide bonds. The molecule has 1 aromatic rings. The van der Waals surface area contributed by atoms with E-state index in [-0.39, 0.29) is 13.3 Å². The van der Waals surface area contributed by atoms with Crippen molar-refractivity contribution in [3.63, 3.8) is 0 Å². The Balaban J connectivity index is 2.39. The molecule has 0 radical (unpaired) electrons. The standard InChI is InChI=1S/C11H16N2O6/c1-2-11(18)6(5-14)19-9(8(11)16)13-4-3-7(15)12-10(13)17/h3-4,6,8-9,14,16,18H,2,5H2,1H3,(H,12,15,17)/t6-,8+,9?,11-/m1/s1/i1D. The molecule has 1 fully saturated rings. The summed E-state index contributed by atoms with van der Waals surface area (Å²) in [5.41, 5.74) is -3.22. The van der Waals surface area contributed by atoms with E-state index in [9.17, 15) is 24.9 Å². The third kappa shape index (κ3) is 2.12. The number of hydrogen-bond donors (Lipinski definition) is 4. The molecule has 1 unspecified atom stereocenters. The van der Waals surface area contributed by atoms with E-state index in [1.165, 1.54) is 0 Å². The van der Waals surface area contributed by atoms with Crippen molar-refractivity contribution < 1.29 is 21.4 Å². The summed E-state index contributed by atoms with van der Waals surface area (Å²) in [6, 6.07) is 1.08. The smallest absolute Gasteiger partial charge is 0.330 e. The zero-order valence-corrected chi connectivity index (χ0v) is 10.0. The normalized spacial score (nSPS) is 35.3. The molecule has 1 aliphatic rings. The minimum absolute atomic E-state index is 0.117. The van der Waals surface area contributed by atoms with Gasteiger partial charge < -0.3 is 20.1 Å². The third-order valence-electron chi connectivity index (χ3n) is 3.34. The van der Waals surface area contributed by atoms with Gasteiger partial charge in [-0.25, -0.2) is 4.79 Å². The summed E-state index contributed by atoms with van der Waals surface area (Å²) >= 11 is 0. The Morgan fingerprint density at radius 2 is 2.37 bits per heavy atom. The minimum atomic E-state index is -1.82. The van der Waals surface area contributed by atoms with Gasteiger partial charge in [-0.2, -0.15) is 0 Å². The van der Waals surface area contributed by atoms with Crippen molar-refractivity contribution in [1.82, 2.24) is 9.55 Å². The highest BCUT2D eigenvalue weighted by atomic mass is 16.6. The molecule has 4 N–H and O–H groups in total.